The van der Waals surface area contributed by atoms with Gasteiger partial charge in [-0.25, -0.2) is 4.79 Å². The Morgan fingerprint density at radius 2 is 1.45 bits per heavy atom. The van der Waals surface area contributed by atoms with E-state index in [-0.39, 0.29) is 37.5 Å². The minimum absolute atomic E-state index is 0.0299. The van der Waals surface area contributed by atoms with Crippen LogP contribution >= 0.6 is 12.6 Å². The fraction of sp³-hybridized carbons (Fsp3) is 0.478. The lowest BCUT2D eigenvalue weighted by atomic mass is 10.0. The largest absolute Gasteiger partial charge is 0.481 e. The minimum Gasteiger partial charge on any atom is -0.481 e. The molecule has 1 aromatic carbocycles. The Hall–Kier alpha value is -3.85. The molecule has 11 N–H and O–H groups in total. The number of nitrogens with zero attached hydrogens (tertiary/aromatic N) is 1. The normalized spacial score (nSPS) is 13.7. The molecule has 4 unspecified atom stereocenters. The number of carboxylic acids is 2. The van der Waals surface area contributed by atoms with E-state index in [0.717, 1.165) is 0 Å². The number of rotatable bonds is 17. The Kier molecular flexibility index (Phi) is 14.2. The van der Waals surface area contributed by atoms with E-state index in [2.05, 4.69) is 33.6 Å². The van der Waals surface area contributed by atoms with Gasteiger partial charge >= 0.3 is 11.9 Å². The van der Waals surface area contributed by atoms with Crippen LogP contribution in [0.1, 0.15) is 31.2 Å². The highest BCUT2D eigenvalue weighted by molar-refractivity contribution is 7.80. The number of hydrogen-bond acceptors (Lipinski definition) is 8. The molecule has 0 saturated heterocycles. The van der Waals surface area contributed by atoms with Crippen molar-refractivity contribution in [3.8, 4) is 0 Å². The molecule has 0 spiro atoms. The van der Waals surface area contributed by atoms with Gasteiger partial charge in [-0.2, -0.15) is 12.6 Å². The van der Waals surface area contributed by atoms with Crippen LogP contribution in [0.25, 0.3) is 0 Å². The lowest BCUT2D eigenvalue weighted by Crippen LogP contribution is -2.57. The average molecular weight is 554 g/mol. The van der Waals surface area contributed by atoms with Gasteiger partial charge in [0, 0.05) is 25.1 Å². The number of benzene rings is 1. The third kappa shape index (κ3) is 12.4. The summed E-state index contributed by atoms with van der Waals surface area (Å²) in [6.07, 6.45) is -0.187. The summed E-state index contributed by atoms with van der Waals surface area (Å²) in [4.78, 5) is 64.8. The Morgan fingerprint density at radius 3 is 2.00 bits per heavy atom. The first kappa shape index (κ1) is 32.2. The molecule has 0 aromatic heterocycles. The third-order valence-electron chi connectivity index (χ3n) is 5.30. The van der Waals surface area contributed by atoms with Gasteiger partial charge in [0.1, 0.15) is 18.1 Å². The van der Waals surface area contributed by atoms with Gasteiger partial charge in [-0.1, -0.05) is 30.3 Å². The highest BCUT2D eigenvalue weighted by atomic mass is 32.1. The molecule has 0 fully saturated rings. The number of nitrogens with two attached hydrogens (primary N) is 3. The summed E-state index contributed by atoms with van der Waals surface area (Å²) >= 11 is 4.07. The van der Waals surface area contributed by atoms with Crippen molar-refractivity contribution >= 4 is 48.2 Å². The van der Waals surface area contributed by atoms with Crippen molar-refractivity contribution in [3.63, 3.8) is 0 Å². The van der Waals surface area contributed by atoms with Crippen LogP contribution in [0.5, 0.6) is 0 Å². The fourth-order valence-electron chi connectivity index (χ4n) is 3.25. The van der Waals surface area contributed by atoms with Crippen molar-refractivity contribution in [2.45, 2.75) is 56.3 Å². The van der Waals surface area contributed by atoms with E-state index in [1.807, 2.05) is 0 Å². The van der Waals surface area contributed by atoms with Crippen LogP contribution in [0.4, 0.5) is 0 Å². The van der Waals surface area contributed by atoms with Crippen molar-refractivity contribution in [2.24, 2.45) is 22.2 Å². The second kappa shape index (κ2) is 16.8. The fourth-order valence-corrected chi connectivity index (χ4v) is 3.51. The zero-order valence-electron chi connectivity index (χ0n) is 20.7. The van der Waals surface area contributed by atoms with Crippen LogP contribution in [0.15, 0.2) is 35.3 Å². The van der Waals surface area contributed by atoms with E-state index in [9.17, 15) is 29.1 Å². The lowest BCUT2D eigenvalue weighted by Gasteiger charge is -2.24. The smallest absolute Gasteiger partial charge is 0.326 e. The van der Waals surface area contributed by atoms with Gasteiger partial charge in [0.05, 0.1) is 6.04 Å². The molecule has 210 valence electrons. The maximum Gasteiger partial charge on any atom is 0.326 e. The highest BCUT2D eigenvalue weighted by Gasteiger charge is 2.30. The molecule has 1 aromatic rings. The zero-order valence-corrected chi connectivity index (χ0v) is 21.6. The summed E-state index contributed by atoms with van der Waals surface area (Å²) in [5.41, 5.74) is 17.0. The van der Waals surface area contributed by atoms with Crippen molar-refractivity contribution in [1.29, 1.82) is 0 Å². The van der Waals surface area contributed by atoms with Crippen molar-refractivity contribution in [3.05, 3.63) is 35.9 Å². The molecule has 3 amide bonds. The molecule has 0 bridgehead atoms. The number of nitrogens with one attached hydrogen (secondary N) is 3. The van der Waals surface area contributed by atoms with E-state index in [4.69, 9.17) is 22.3 Å². The summed E-state index contributed by atoms with van der Waals surface area (Å²) in [6.45, 7) is 0.266. The van der Waals surface area contributed by atoms with Gasteiger partial charge in [0.25, 0.3) is 0 Å². The van der Waals surface area contributed by atoms with Crippen LogP contribution < -0.4 is 33.2 Å². The predicted molar refractivity (Wildman–Crippen MR) is 142 cm³/mol. The first-order valence-corrected chi connectivity index (χ1v) is 12.4. The van der Waals surface area contributed by atoms with Crippen LogP contribution in [0.2, 0.25) is 0 Å². The van der Waals surface area contributed by atoms with Crippen LogP contribution in [-0.4, -0.2) is 82.3 Å². The number of carbonyl (C=O) groups excluding carboxylic acids is 3. The van der Waals surface area contributed by atoms with Crippen molar-refractivity contribution in [1.82, 2.24) is 16.0 Å². The number of carboxylic acid groups (broad SMARTS) is 2. The van der Waals surface area contributed by atoms with Gasteiger partial charge in [-0.15, -0.1) is 0 Å². The Morgan fingerprint density at radius 1 is 0.868 bits per heavy atom. The van der Waals surface area contributed by atoms with Crippen LogP contribution in [0, 0.1) is 0 Å². The van der Waals surface area contributed by atoms with E-state index >= 15 is 0 Å². The first-order chi connectivity index (χ1) is 17.9. The number of thiol groups is 1. The molecule has 15 heteroatoms. The predicted octanol–water partition coefficient (Wildman–Crippen LogP) is -2.06. The molecule has 0 aliphatic rings. The van der Waals surface area contributed by atoms with Gasteiger partial charge in [0.15, 0.2) is 5.96 Å². The molecule has 0 heterocycles. The summed E-state index contributed by atoms with van der Waals surface area (Å²) in [7, 11) is 0. The van der Waals surface area contributed by atoms with E-state index in [0.29, 0.717) is 12.0 Å². The molecular formula is C23H35N7O7S. The second-order valence-corrected chi connectivity index (χ2v) is 8.75. The molecule has 0 aliphatic carbocycles. The molecule has 4 atom stereocenters. The number of aliphatic carboxylic acids is 2. The zero-order chi connectivity index (χ0) is 28.7. The monoisotopic (exact) mass is 553 g/mol. The van der Waals surface area contributed by atoms with Crippen LogP contribution in [0.3, 0.4) is 0 Å². The number of amides is 3. The molecule has 0 aliphatic heterocycles. The number of carbonyl (C=O) groups is 5. The van der Waals surface area contributed by atoms with Crippen molar-refractivity contribution < 1.29 is 34.2 Å². The first-order valence-electron chi connectivity index (χ1n) is 11.8. The summed E-state index contributed by atoms with van der Waals surface area (Å²) in [6, 6.07) is 3.69. The molecule has 1 rings (SSSR count). The maximum atomic E-state index is 12.9. The lowest BCUT2D eigenvalue weighted by molar-refractivity contribution is -0.143. The average Bonchev–Trinajstić information content (AvgIpc) is 2.86. The van der Waals surface area contributed by atoms with E-state index in [1.165, 1.54) is 0 Å². The molecule has 0 saturated carbocycles. The van der Waals surface area contributed by atoms with Gasteiger partial charge in [-0.3, -0.25) is 24.2 Å². The number of aliphatic imine (C=N–C) groups is 1. The van der Waals surface area contributed by atoms with Crippen molar-refractivity contribution in [2.75, 3.05) is 12.3 Å². The summed E-state index contributed by atoms with van der Waals surface area (Å²) < 4.78 is 0. The van der Waals surface area contributed by atoms with Gasteiger partial charge in [0.2, 0.25) is 17.7 Å². The molecule has 38 heavy (non-hydrogen) atoms. The van der Waals surface area contributed by atoms with Gasteiger partial charge in [-0.05, 0) is 24.8 Å². The minimum atomic E-state index is -1.39. The quantitative estimate of drug-likeness (QED) is 0.0441. The number of hydrogen-bond donors (Lipinski definition) is 9. The third-order valence-corrected chi connectivity index (χ3v) is 5.66. The molecule has 14 nitrogen and oxygen atoms in total. The standard InChI is InChI=1S/C23H35N7O7S/c24-14(7-4-10-27-23(25)26)19(33)30-17(12-38)21(35)28-15(8-9-18(31)32)20(34)29-16(22(36)37)11-13-5-2-1-3-6-13/h1-3,5-6,14-17,38H,4,7-12,24H2,(H,28,35)(H,29,34)(H,30,33)(H,31,32)(H,36,37)(H4,25,26,27). The second-order valence-electron chi connectivity index (χ2n) is 8.38. The van der Waals surface area contributed by atoms with E-state index < -0.39 is 60.2 Å². The Bertz CT molecular complexity index is 990. The summed E-state index contributed by atoms with van der Waals surface area (Å²) in [5, 5.41) is 25.8. The Balaban J connectivity index is 2.85. The van der Waals surface area contributed by atoms with Crippen LogP contribution in [-0.2, 0) is 30.4 Å². The molecular weight excluding hydrogens is 518 g/mol. The van der Waals surface area contributed by atoms with Gasteiger partial charge < -0.3 is 43.4 Å². The summed E-state index contributed by atoms with van der Waals surface area (Å²) in [5.74, 6) is -5.13. The molecule has 0 radical (unpaired) electrons. The maximum absolute atomic E-state index is 12.9. The topological polar surface area (TPSA) is 252 Å². The Labute approximate surface area is 225 Å². The number of guanidine groups is 1. The highest BCUT2D eigenvalue weighted by Crippen LogP contribution is 2.06. The van der Waals surface area contributed by atoms with E-state index in [1.54, 1.807) is 30.3 Å². The SMILES string of the molecule is NC(N)=NCCCC(N)C(=O)NC(CS)C(=O)NC(CCC(=O)O)C(=O)NC(Cc1ccccc1)C(=O)O.